The topological polar surface area (TPSA) is 21.6 Å². The highest BCUT2D eigenvalue weighted by Crippen LogP contribution is 2.34. The number of hydrogen-bond donors (Lipinski definition) is 0. The van der Waals surface area contributed by atoms with Gasteiger partial charge in [-0.2, -0.15) is 0 Å². The molecule has 0 fully saturated rings. The minimum Gasteiger partial charge on any atom is -0.488 e. The minimum absolute atomic E-state index is 0.249. The second-order valence-electron chi connectivity index (χ2n) is 6.63. The summed E-state index contributed by atoms with van der Waals surface area (Å²) >= 11 is 0. The maximum absolute atomic E-state index is 6.41. The first-order chi connectivity index (χ1) is 11.0. The van der Waals surface area contributed by atoms with Crippen molar-refractivity contribution in [3.63, 3.8) is 0 Å². The molecule has 0 aliphatic heterocycles. The van der Waals surface area contributed by atoms with Crippen molar-refractivity contribution < 1.29 is 4.74 Å². The van der Waals surface area contributed by atoms with E-state index in [0.29, 0.717) is 5.92 Å². The van der Waals surface area contributed by atoms with E-state index in [1.807, 2.05) is 25.3 Å². The summed E-state index contributed by atoms with van der Waals surface area (Å²) in [5.74, 6) is 1.42. The van der Waals surface area contributed by atoms with Crippen LogP contribution in [-0.2, 0) is 0 Å². The fraction of sp³-hybridized carbons (Fsp3) is 0.571. The van der Waals surface area contributed by atoms with Crippen molar-refractivity contribution in [3.8, 4) is 5.75 Å². The van der Waals surface area contributed by atoms with Crippen LogP contribution in [0.1, 0.15) is 64.5 Å². The lowest BCUT2D eigenvalue weighted by Gasteiger charge is -2.24. The quantitative estimate of drug-likeness (QED) is 0.373. The van der Waals surface area contributed by atoms with Crippen LogP contribution in [-0.4, -0.2) is 12.3 Å². The van der Waals surface area contributed by atoms with E-state index in [1.165, 1.54) is 24.8 Å². The van der Waals surface area contributed by atoms with E-state index in [9.17, 15) is 0 Å². The van der Waals surface area contributed by atoms with Gasteiger partial charge in [0.15, 0.2) is 0 Å². The molecule has 23 heavy (non-hydrogen) atoms. The SMILES string of the molecule is C/C=C/C=N\c1c(C)cc(C)cc1OC(CCCCC)C(C)C. The van der Waals surface area contributed by atoms with Gasteiger partial charge in [0.05, 0.1) is 0 Å². The standard InChI is InChI=1S/C21H33NO/c1-7-9-11-12-19(16(3)4)23-20-15-17(5)14-18(6)21(20)22-13-10-8-2/h8,10,13-16,19H,7,9,11-12H2,1-6H3/b10-8+,22-13-. The molecule has 0 aliphatic rings. The predicted molar refractivity (Wildman–Crippen MR) is 102 cm³/mol. The van der Waals surface area contributed by atoms with Gasteiger partial charge in [-0.15, -0.1) is 0 Å². The van der Waals surface area contributed by atoms with Gasteiger partial charge in [-0.05, 0) is 62.8 Å². The van der Waals surface area contributed by atoms with Gasteiger partial charge >= 0.3 is 0 Å². The molecule has 0 N–H and O–H groups in total. The molecule has 0 spiro atoms. The van der Waals surface area contributed by atoms with Crippen LogP contribution in [0.3, 0.4) is 0 Å². The molecule has 1 atom stereocenters. The number of rotatable bonds is 9. The van der Waals surface area contributed by atoms with Crippen LogP contribution in [0.25, 0.3) is 0 Å². The monoisotopic (exact) mass is 315 g/mol. The number of benzene rings is 1. The van der Waals surface area contributed by atoms with Crippen LogP contribution in [0.2, 0.25) is 0 Å². The van der Waals surface area contributed by atoms with E-state index in [4.69, 9.17) is 4.74 Å². The van der Waals surface area contributed by atoms with Crippen molar-refractivity contribution in [2.24, 2.45) is 10.9 Å². The lowest BCUT2D eigenvalue weighted by atomic mass is 10.0. The molecule has 2 nitrogen and oxygen atoms in total. The van der Waals surface area contributed by atoms with E-state index in [2.05, 4.69) is 51.7 Å². The molecule has 0 aliphatic carbocycles. The molecular formula is C21H33NO. The smallest absolute Gasteiger partial charge is 0.145 e. The summed E-state index contributed by atoms with van der Waals surface area (Å²) in [5, 5.41) is 0. The summed E-state index contributed by atoms with van der Waals surface area (Å²) in [4.78, 5) is 4.61. The van der Waals surface area contributed by atoms with E-state index >= 15 is 0 Å². The molecule has 2 heteroatoms. The second-order valence-corrected chi connectivity index (χ2v) is 6.63. The average molecular weight is 316 g/mol. The zero-order chi connectivity index (χ0) is 17.2. The van der Waals surface area contributed by atoms with Crippen LogP contribution >= 0.6 is 0 Å². The molecule has 0 bridgehead atoms. The third-order valence-electron chi connectivity index (χ3n) is 4.01. The lowest BCUT2D eigenvalue weighted by Crippen LogP contribution is -2.23. The summed E-state index contributed by atoms with van der Waals surface area (Å²) in [7, 11) is 0. The molecule has 0 saturated heterocycles. The van der Waals surface area contributed by atoms with Gasteiger partial charge in [0.25, 0.3) is 0 Å². The van der Waals surface area contributed by atoms with Crippen LogP contribution in [0.15, 0.2) is 29.3 Å². The summed E-state index contributed by atoms with van der Waals surface area (Å²) in [6, 6.07) is 4.28. The largest absolute Gasteiger partial charge is 0.488 e. The summed E-state index contributed by atoms with van der Waals surface area (Å²) in [6.07, 6.45) is 10.9. The molecule has 0 amide bonds. The van der Waals surface area contributed by atoms with Crippen molar-refractivity contribution in [2.45, 2.75) is 73.3 Å². The van der Waals surface area contributed by atoms with E-state index in [-0.39, 0.29) is 6.10 Å². The number of aliphatic imine (C=N–C) groups is 1. The first kappa shape index (κ1) is 19.5. The number of unbranched alkanes of at least 4 members (excludes halogenated alkanes) is 2. The fourth-order valence-corrected chi connectivity index (χ4v) is 2.67. The van der Waals surface area contributed by atoms with E-state index in [1.54, 1.807) is 0 Å². The molecule has 1 aromatic rings. The van der Waals surface area contributed by atoms with E-state index in [0.717, 1.165) is 23.4 Å². The fourth-order valence-electron chi connectivity index (χ4n) is 2.67. The van der Waals surface area contributed by atoms with Gasteiger partial charge in [-0.3, -0.25) is 4.99 Å². The van der Waals surface area contributed by atoms with Crippen LogP contribution in [0.5, 0.6) is 5.75 Å². The molecule has 128 valence electrons. The van der Waals surface area contributed by atoms with Gasteiger partial charge < -0.3 is 4.74 Å². The second kappa shape index (κ2) is 10.3. The highest BCUT2D eigenvalue weighted by atomic mass is 16.5. The number of allylic oxidation sites excluding steroid dienone is 2. The van der Waals surface area contributed by atoms with Gasteiger partial charge in [-0.1, -0.05) is 45.8 Å². The third kappa shape index (κ3) is 6.60. The lowest BCUT2D eigenvalue weighted by molar-refractivity contribution is 0.139. The predicted octanol–water partition coefficient (Wildman–Crippen LogP) is 6.57. The number of nitrogens with zero attached hydrogens (tertiary/aromatic N) is 1. The Balaban J connectivity index is 3.03. The zero-order valence-corrected chi connectivity index (χ0v) is 15.7. The van der Waals surface area contributed by atoms with Crippen LogP contribution < -0.4 is 4.74 Å². The van der Waals surface area contributed by atoms with Crippen molar-refractivity contribution >= 4 is 11.9 Å². The zero-order valence-electron chi connectivity index (χ0n) is 15.7. The molecule has 1 aromatic carbocycles. The van der Waals surface area contributed by atoms with E-state index < -0.39 is 0 Å². The van der Waals surface area contributed by atoms with Gasteiger partial charge in [0, 0.05) is 6.21 Å². The Kier molecular flexibility index (Phi) is 8.68. The molecular weight excluding hydrogens is 282 g/mol. The van der Waals surface area contributed by atoms with Crippen molar-refractivity contribution in [2.75, 3.05) is 0 Å². The highest BCUT2D eigenvalue weighted by Gasteiger charge is 2.17. The number of aryl methyl sites for hydroxylation is 2. The summed E-state index contributed by atoms with van der Waals surface area (Å²) < 4.78 is 6.41. The Morgan fingerprint density at radius 2 is 1.91 bits per heavy atom. The van der Waals surface area contributed by atoms with Gasteiger partial charge in [-0.25, -0.2) is 0 Å². The van der Waals surface area contributed by atoms with Crippen molar-refractivity contribution in [3.05, 3.63) is 35.4 Å². The van der Waals surface area contributed by atoms with Crippen LogP contribution in [0, 0.1) is 19.8 Å². The Hall–Kier alpha value is -1.57. The first-order valence-electron chi connectivity index (χ1n) is 8.92. The minimum atomic E-state index is 0.249. The number of ether oxygens (including phenoxy) is 1. The Morgan fingerprint density at radius 3 is 2.52 bits per heavy atom. The average Bonchev–Trinajstić information content (AvgIpc) is 2.48. The number of hydrogen-bond acceptors (Lipinski definition) is 2. The summed E-state index contributed by atoms with van der Waals surface area (Å²) in [5.41, 5.74) is 3.34. The maximum atomic E-state index is 6.41. The van der Waals surface area contributed by atoms with Crippen LogP contribution in [0.4, 0.5) is 5.69 Å². The van der Waals surface area contributed by atoms with Gasteiger partial charge in [0.2, 0.25) is 0 Å². The van der Waals surface area contributed by atoms with Crippen molar-refractivity contribution in [1.29, 1.82) is 0 Å². The Labute approximate surface area is 142 Å². The third-order valence-corrected chi connectivity index (χ3v) is 4.01. The Bertz CT molecular complexity index is 529. The first-order valence-corrected chi connectivity index (χ1v) is 8.92. The molecule has 0 heterocycles. The Morgan fingerprint density at radius 1 is 1.17 bits per heavy atom. The molecule has 0 aromatic heterocycles. The highest BCUT2D eigenvalue weighted by molar-refractivity contribution is 5.77. The normalized spacial score (nSPS) is 13.3. The maximum Gasteiger partial charge on any atom is 0.145 e. The molecule has 0 saturated carbocycles. The molecule has 1 unspecified atom stereocenters. The summed E-state index contributed by atoms with van der Waals surface area (Å²) in [6.45, 7) is 12.9. The molecule has 1 rings (SSSR count). The molecule has 0 radical (unpaired) electrons. The van der Waals surface area contributed by atoms with Crippen molar-refractivity contribution in [1.82, 2.24) is 0 Å². The van der Waals surface area contributed by atoms with Gasteiger partial charge in [0.1, 0.15) is 17.5 Å².